The van der Waals surface area contributed by atoms with E-state index in [4.69, 9.17) is 32.7 Å². The number of hydrogen-bond donors (Lipinski definition) is 1. The monoisotopic (exact) mass is 584 g/mol. The first kappa shape index (κ1) is 28.2. The lowest BCUT2D eigenvalue weighted by atomic mass is 10.1. The number of amides is 3. The third kappa shape index (κ3) is 7.20. The summed E-state index contributed by atoms with van der Waals surface area (Å²) in [6.45, 7) is 1.60. The average Bonchev–Trinajstić information content (AvgIpc) is 3.17. The van der Waals surface area contributed by atoms with Crippen LogP contribution in [0, 0.1) is 0 Å². The minimum absolute atomic E-state index is 0.0855. The highest BCUT2D eigenvalue weighted by atomic mass is 35.5. The number of anilines is 1. The summed E-state index contributed by atoms with van der Waals surface area (Å²) in [5, 5.41) is 2.79. The molecule has 1 aliphatic heterocycles. The summed E-state index contributed by atoms with van der Waals surface area (Å²) >= 11 is 12.7. The molecule has 0 unspecified atom stereocenters. The Morgan fingerprint density at radius 2 is 1.77 bits per heavy atom. The summed E-state index contributed by atoms with van der Waals surface area (Å²) < 4.78 is 10.9. The van der Waals surface area contributed by atoms with Gasteiger partial charge in [-0.25, -0.2) is 4.79 Å². The van der Waals surface area contributed by atoms with Crippen molar-refractivity contribution in [3.05, 3.63) is 98.4 Å². The minimum Gasteiger partial charge on any atom is -0.488 e. The summed E-state index contributed by atoms with van der Waals surface area (Å²) in [6, 6.07) is 18.7. The van der Waals surface area contributed by atoms with Gasteiger partial charge in [-0.2, -0.15) is 0 Å². The van der Waals surface area contributed by atoms with Crippen LogP contribution in [0.1, 0.15) is 28.4 Å². The largest absolute Gasteiger partial charge is 0.488 e. The fourth-order valence-electron chi connectivity index (χ4n) is 3.56. The topological polar surface area (TPSA) is 102 Å². The van der Waals surface area contributed by atoms with Crippen molar-refractivity contribution in [3.63, 3.8) is 0 Å². The second-order valence-corrected chi connectivity index (χ2v) is 10.0. The summed E-state index contributed by atoms with van der Waals surface area (Å²) in [5.74, 6) is -1.33. The number of benzene rings is 3. The Balaban J connectivity index is 1.43. The first-order chi connectivity index (χ1) is 18.7. The smallest absolute Gasteiger partial charge is 0.339 e. The van der Waals surface area contributed by atoms with Crippen molar-refractivity contribution >= 4 is 69.8 Å². The number of halogens is 2. The predicted molar refractivity (Wildman–Crippen MR) is 151 cm³/mol. The van der Waals surface area contributed by atoms with Crippen LogP contribution in [0.5, 0.6) is 5.75 Å². The van der Waals surface area contributed by atoms with Crippen molar-refractivity contribution in [2.75, 3.05) is 18.5 Å². The van der Waals surface area contributed by atoms with Crippen molar-refractivity contribution in [1.29, 1.82) is 0 Å². The molecule has 0 aliphatic carbocycles. The van der Waals surface area contributed by atoms with Crippen LogP contribution in [0.3, 0.4) is 0 Å². The zero-order valence-corrected chi connectivity index (χ0v) is 22.9. The van der Waals surface area contributed by atoms with E-state index < -0.39 is 29.6 Å². The predicted octanol–water partition coefficient (Wildman–Crippen LogP) is 6.42. The van der Waals surface area contributed by atoms with Gasteiger partial charge in [0.1, 0.15) is 18.9 Å². The first-order valence-electron chi connectivity index (χ1n) is 11.7. The molecular formula is C28H22Cl2N2O6S. The molecule has 0 atom stereocenters. The second-order valence-electron chi connectivity index (χ2n) is 8.18. The lowest BCUT2D eigenvalue weighted by Crippen LogP contribution is -2.36. The summed E-state index contributed by atoms with van der Waals surface area (Å²) in [5.41, 5.74) is 1.87. The maximum Gasteiger partial charge on any atom is 0.339 e. The van der Waals surface area contributed by atoms with E-state index in [0.29, 0.717) is 16.3 Å². The molecule has 3 amide bonds. The fourth-order valence-corrected chi connectivity index (χ4v) is 4.71. The van der Waals surface area contributed by atoms with E-state index in [1.54, 1.807) is 49.4 Å². The molecule has 1 fully saturated rings. The molecule has 0 radical (unpaired) electrons. The molecule has 1 saturated heterocycles. The highest BCUT2D eigenvalue weighted by Crippen LogP contribution is 2.34. The van der Waals surface area contributed by atoms with Gasteiger partial charge >= 0.3 is 5.97 Å². The fraction of sp³-hybridized carbons (Fsp3) is 0.143. The van der Waals surface area contributed by atoms with E-state index in [-0.39, 0.29) is 34.4 Å². The van der Waals surface area contributed by atoms with Crippen LogP contribution in [0.15, 0.2) is 71.6 Å². The van der Waals surface area contributed by atoms with Crippen LogP contribution < -0.4 is 10.1 Å². The maximum absolute atomic E-state index is 13.0. The summed E-state index contributed by atoms with van der Waals surface area (Å²) in [6.07, 6.45) is 1.56. The van der Waals surface area contributed by atoms with E-state index >= 15 is 0 Å². The Bertz CT molecular complexity index is 1460. The molecule has 0 aromatic heterocycles. The lowest BCUT2D eigenvalue weighted by Gasteiger charge is -2.13. The van der Waals surface area contributed by atoms with Crippen LogP contribution in [0.4, 0.5) is 10.5 Å². The molecule has 1 N–H and O–H groups in total. The lowest BCUT2D eigenvalue weighted by molar-refractivity contribution is -0.127. The van der Waals surface area contributed by atoms with E-state index in [0.717, 1.165) is 22.2 Å². The summed E-state index contributed by atoms with van der Waals surface area (Å²) in [4.78, 5) is 51.3. The molecular weight excluding hydrogens is 563 g/mol. The van der Waals surface area contributed by atoms with Gasteiger partial charge < -0.3 is 14.8 Å². The minimum atomic E-state index is -0.632. The molecule has 8 nitrogen and oxygen atoms in total. The number of rotatable bonds is 9. The van der Waals surface area contributed by atoms with Gasteiger partial charge in [0.15, 0.2) is 0 Å². The molecule has 200 valence electrons. The molecule has 0 bridgehead atoms. The maximum atomic E-state index is 13.0. The van der Waals surface area contributed by atoms with E-state index in [9.17, 15) is 19.2 Å². The highest BCUT2D eigenvalue weighted by molar-refractivity contribution is 8.18. The molecule has 3 aromatic rings. The van der Waals surface area contributed by atoms with Gasteiger partial charge in [-0.15, -0.1) is 0 Å². The Morgan fingerprint density at radius 3 is 2.51 bits per heavy atom. The number of para-hydroxylation sites is 1. The molecule has 11 heteroatoms. The zero-order chi connectivity index (χ0) is 27.9. The van der Waals surface area contributed by atoms with E-state index in [1.807, 2.05) is 12.1 Å². The first-order valence-corrected chi connectivity index (χ1v) is 13.3. The molecule has 3 aromatic carbocycles. The van der Waals surface area contributed by atoms with Crippen molar-refractivity contribution in [1.82, 2.24) is 4.90 Å². The standard InChI is InChI=1S/C28H22Cl2N2O6S/c1-2-37-27(35)21-14-20(11-12-22(21)30)31-25(33)15-32-26(34)24(39-28(32)36)13-18-5-3-4-6-23(18)38-16-17-7-9-19(29)10-8-17/h3-14H,2,15-16H2,1H3,(H,31,33)/b24-13+. The number of thioether (sulfide) groups is 1. The molecule has 39 heavy (non-hydrogen) atoms. The van der Waals surface area contributed by atoms with Crippen LogP contribution in [-0.4, -0.2) is 41.1 Å². The van der Waals surface area contributed by atoms with Crippen LogP contribution >= 0.6 is 35.0 Å². The third-order valence-electron chi connectivity index (χ3n) is 5.43. The zero-order valence-electron chi connectivity index (χ0n) is 20.6. The normalized spacial score (nSPS) is 14.0. The number of carbonyl (C=O) groups excluding carboxylic acids is 4. The molecule has 0 saturated carbocycles. The van der Waals surface area contributed by atoms with E-state index in [2.05, 4.69) is 5.32 Å². The van der Waals surface area contributed by atoms with Crippen molar-refractivity contribution < 1.29 is 28.7 Å². The van der Waals surface area contributed by atoms with Gasteiger partial charge in [0.05, 0.1) is 22.1 Å². The Hall–Kier alpha value is -3.79. The van der Waals surface area contributed by atoms with Crippen LogP contribution in [-0.2, 0) is 20.9 Å². The highest BCUT2D eigenvalue weighted by Gasteiger charge is 2.36. The second kappa shape index (κ2) is 12.8. The Morgan fingerprint density at radius 1 is 1.03 bits per heavy atom. The molecule has 4 rings (SSSR count). The van der Waals surface area contributed by atoms with E-state index in [1.165, 1.54) is 18.2 Å². The van der Waals surface area contributed by atoms with Gasteiger partial charge in [-0.05, 0) is 66.7 Å². The number of esters is 1. The van der Waals surface area contributed by atoms with Gasteiger partial charge in [0, 0.05) is 16.3 Å². The van der Waals surface area contributed by atoms with Crippen molar-refractivity contribution in [2.45, 2.75) is 13.5 Å². The number of hydrogen-bond acceptors (Lipinski definition) is 7. The van der Waals surface area contributed by atoms with Crippen LogP contribution in [0.25, 0.3) is 6.08 Å². The quantitative estimate of drug-likeness (QED) is 0.228. The third-order valence-corrected chi connectivity index (χ3v) is 6.92. The molecule has 0 spiro atoms. The number of carbonyl (C=O) groups is 4. The Labute approximate surface area is 238 Å². The van der Waals surface area contributed by atoms with Crippen LogP contribution in [0.2, 0.25) is 10.0 Å². The number of imide groups is 1. The molecule has 1 heterocycles. The van der Waals surface area contributed by atoms with Crippen molar-refractivity contribution in [2.24, 2.45) is 0 Å². The van der Waals surface area contributed by atoms with Crippen molar-refractivity contribution in [3.8, 4) is 5.75 Å². The van der Waals surface area contributed by atoms with Gasteiger partial charge in [0.2, 0.25) is 5.91 Å². The molecule has 1 aliphatic rings. The van der Waals surface area contributed by atoms with Gasteiger partial charge in [-0.1, -0.05) is 53.5 Å². The number of nitrogens with one attached hydrogen (secondary N) is 1. The SMILES string of the molecule is CCOC(=O)c1cc(NC(=O)CN2C(=O)S/C(=C/c3ccccc3OCc3ccc(Cl)cc3)C2=O)ccc1Cl. The number of nitrogens with zero attached hydrogens (tertiary/aromatic N) is 1. The Kier molecular flexibility index (Phi) is 9.29. The van der Waals surface area contributed by atoms with Gasteiger partial charge in [0.25, 0.3) is 11.1 Å². The number of ether oxygens (including phenoxy) is 2. The average molecular weight is 585 g/mol. The summed E-state index contributed by atoms with van der Waals surface area (Å²) in [7, 11) is 0. The van der Waals surface area contributed by atoms with Gasteiger partial charge in [-0.3, -0.25) is 19.3 Å².